The lowest BCUT2D eigenvalue weighted by atomic mass is 10.0. The monoisotopic (exact) mass is 274 g/mol. The number of likely N-dealkylation sites (tertiary alicyclic amines) is 1. The Hall–Kier alpha value is -1.84. The van der Waals surface area contributed by atoms with E-state index in [0.29, 0.717) is 11.5 Å². The molecule has 1 aromatic rings. The fourth-order valence-electron chi connectivity index (χ4n) is 2.49. The minimum absolute atomic E-state index is 0.0111. The first-order chi connectivity index (χ1) is 9.56. The number of carbonyl (C=O) groups excluding carboxylic acids is 2. The Kier molecular flexibility index (Phi) is 4.77. The number of aryl methyl sites for hydroxylation is 1. The van der Waals surface area contributed by atoms with Crippen LogP contribution in [0, 0.1) is 12.8 Å². The summed E-state index contributed by atoms with van der Waals surface area (Å²) in [4.78, 5) is 25.8. The summed E-state index contributed by atoms with van der Waals surface area (Å²) in [6, 6.07) is 7.34. The third-order valence-corrected chi connectivity index (χ3v) is 3.72. The van der Waals surface area contributed by atoms with Crippen molar-refractivity contribution in [2.24, 2.45) is 5.92 Å². The lowest BCUT2D eigenvalue weighted by Gasteiger charge is -2.31. The average Bonchev–Trinajstić information content (AvgIpc) is 2.45. The van der Waals surface area contributed by atoms with Gasteiger partial charge in [0, 0.05) is 18.7 Å². The number of amides is 2. The van der Waals surface area contributed by atoms with E-state index in [1.165, 1.54) is 6.42 Å². The minimum atomic E-state index is -0.191. The highest BCUT2D eigenvalue weighted by Gasteiger charge is 2.21. The van der Waals surface area contributed by atoms with Gasteiger partial charge in [-0.05, 0) is 37.8 Å². The first-order valence-corrected chi connectivity index (χ1v) is 7.19. The van der Waals surface area contributed by atoms with Gasteiger partial charge in [0.15, 0.2) is 0 Å². The Bertz CT molecular complexity index is 482. The number of hydrogen-bond donors (Lipinski definition) is 1. The fraction of sp³-hybridized carbons (Fsp3) is 0.500. The summed E-state index contributed by atoms with van der Waals surface area (Å²) < 4.78 is 0. The molecule has 4 nitrogen and oxygen atoms in total. The summed E-state index contributed by atoms with van der Waals surface area (Å²) >= 11 is 0. The molecule has 1 aromatic carbocycles. The molecule has 2 amide bonds. The molecule has 0 radical (unpaired) electrons. The highest BCUT2D eigenvalue weighted by molar-refractivity contribution is 5.96. The van der Waals surface area contributed by atoms with Crippen LogP contribution >= 0.6 is 0 Å². The van der Waals surface area contributed by atoms with Crippen LogP contribution in [0.4, 0.5) is 0 Å². The number of nitrogens with one attached hydrogen (secondary N) is 1. The molecule has 1 saturated heterocycles. The Labute approximate surface area is 120 Å². The van der Waals surface area contributed by atoms with Crippen molar-refractivity contribution in [2.45, 2.75) is 26.7 Å². The van der Waals surface area contributed by atoms with Gasteiger partial charge >= 0.3 is 0 Å². The third kappa shape index (κ3) is 3.83. The summed E-state index contributed by atoms with van der Waals surface area (Å²) in [5.74, 6) is 0.376. The highest BCUT2D eigenvalue weighted by atomic mass is 16.2. The molecule has 108 valence electrons. The predicted octanol–water partition coefficient (Wildman–Crippen LogP) is 1.98. The zero-order valence-electron chi connectivity index (χ0n) is 12.2. The van der Waals surface area contributed by atoms with Crippen LogP contribution in [0.5, 0.6) is 0 Å². The van der Waals surface area contributed by atoms with Crippen molar-refractivity contribution < 1.29 is 9.59 Å². The largest absolute Gasteiger partial charge is 0.343 e. The normalized spacial score (nSPS) is 18.7. The van der Waals surface area contributed by atoms with Gasteiger partial charge < -0.3 is 10.2 Å². The third-order valence-electron chi connectivity index (χ3n) is 3.72. The second kappa shape index (κ2) is 6.55. The number of piperidine rings is 1. The second-order valence-electron chi connectivity index (χ2n) is 5.64. The quantitative estimate of drug-likeness (QED) is 0.916. The van der Waals surface area contributed by atoms with Gasteiger partial charge in [0.2, 0.25) is 5.91 Å². The van der Waals surface area contributed by atoms with Gasteiger partial charge in [-0.2, -0.15) is 0 Å². The Balaban J connectivity index is 1.83. The van der Waals surface area contributed by atoms with Crippen molar-refractivity contribution in [1.29, 1.82) is 0 Å². The van der Waals surface area contributed by atoms with E-state index in [1.54, 1.807) is 12.1 Å². The van der Waals surface area contributed by atoms with Gasteiger partial charge in [-0.1, -0.05) is 24.6 Å². The van der Waals surface area contributed by atoms with E-state index in [-0.39, 0.29) is 18.4 Å². The van der Waals surface area contributed by atoms with Crippen LogP contribution < -0.4 is 5.32 Å². The molecule has 1 aliphatic heterocycles. The second-order valence-corrected chi connectivity index (χ2v) is 5.64. The fourth-order valence-corrected chi connectivity index (χ4v) is 2.49. The number of carbonyl (C=O) groups is 2. The number of nitrogens with zero attached hydrogens (tertiary/aromatic N) is 1. The lowest BCUT2D eigenvalue weighted by molar-refractivity contribution is -0.131. The van der Waals surface area contributed by atoms with Crippen LogP contribution in [0.1, 0.15) is 35.7 Å². The molecule has 1 N–H and O–H groups in total. The molecule has 0 unspecified atom stereocenters. The SMILES string of the molecule is Cc1ccc(C(=O)NCC(=O)N2CCC[C@@H](C)C2)cc1. The van der Waals surface area contributed by atoms with E-state index in [2.05, 4.69) is 12.2 Å². The summed E-state index contributed by atoms with van der Waals surface area (Å²) in [6.45, 7) is 5.83. The first-order valence-electron chi connectivity index (χ1n) is 7.19. The van der Waals surface area contributed by atoms with Crippen molar-refractivity contribution >= 4 is 11.8 Å². The van der Waals surface area contributed by atoms with Crippen LogP contribution in [0.2, 0.25) is 0 Å². The molecule has 1 aliphatic rings. The maximum atomic E-state index is 12.0. The van der Waals surface area contributed by atoms with E-state index in [1.807, 2.05) is 24.0 Å². The van der Waals surface area contributed by atoms with Crippen LogP contribution in [0.25, 0.3) is 0 Å². The van der Waals surface area contributed by atoms with E-state index in [4.69, 9.17) is 0 Å². The molecule has 1 fully saturated rings. The molecular formula is C16H22N2O2. The maximum absolute atomic E-state index is 12.0. The van der Waals surface area contributed by atoms with Gasteiger partial charge in [-0.15, -0.1) is 0 Å². The molecule has 0 aromatic heterocycles. The first kappa shape index (κ1) is 14.6. The molecule has 4 heteroatoms. The van der Waals surface area contributed by atoms with Gasteiger partial charge in [0.1, 0.15) is 0 Å². The molecular weight excluding hydrogens is 252 g/mol. The molecule has 20 heavy (non-hydrogen) atoms. The van der Waals surface area contributed by atoms with E-state index in [0.717, 1.165) is 25.1 Å². The van der Waals surface area contributed by atoms with E-state index < -0.39 is 0 Å². The zero-order chi connectivity index (χ0) is 14.5. The molecule has 0 aliphatic carbocycles. The van der Waals surface area contributed by atoms with Crippen LogP contribution in [-0.4, -0.2) is 36.3 Å². The molecule has 2 rings (SSSR count). The van der Waals surface area contributed by atoms with Gasteiger partial charge in [0.05, 0.1) is 6.54 Å². The Morgan fingerprint density at radius 3 is 2.65 bits per heavy atom. The van der Waals surface area contributed by atoms with Crippen molar-refractivity contribution in [3.05, 3.63) is 35.4 Å². The molecule has 1 heterocycles. The summed E-state index contributed by atoms with van der Waals surface area (Å²) in [6.07, 6.45) is 2.23. The lowest BCUT2D eigenvalue weighted by Crippen LogP contribution is -2.44. The van der Waals surface area contributed by atoms with Crippen molar-refractivity contribution in [3.63, 3.8) is 0 Å². The minimum Gasteiger partial charge on any atom is -0.343 e. The van der Waals surface area contributed by atoms with Crippen molar-refractivity contribution in [1.82, 2.24) is 10.2 Å². The number of benzene rings is 1. The summed E-state index contributed by atoms with van der Waals surface area (Å²) in [5, 5.41) is 2.70. The number of hydrogen-bond acceptors (Lipinski definition) is 2. The smallest absolute Gasteiger partial charge is 0.251 e. The van der Waals surface area contributed by atoms with Crippen LogP contribution in [0.3, 0.4) is 0 Å². The Morgan fingerprint density at radius 2 is 2.00 bits per heavy atom. The van der Waals surface area contributed by atoms with Gasteiger partial charge in [0.25, 0.3) is 5.91 Å². The molecule has 1 atom stereocenters. The predicted molar refractivity (Wildman–Crippen MR) is 78.5 cm³/mol. The van der Waals surface area contributed by atoms with Crippen molar-refractivity contribution in [3.8, 4) is 0 Å². The van der Waals surface area contributed by atoms with Crippen LogP contribution in [-0.2, 0) is 4.79 Å². The van der Waals surface area contributed by atoms with Gasteiger partial charge in [-0.3, -0.25) is 9.59 Å². The Morgan fingerprint density at radius 1 is 1.30 bits per heavy atom. The average molecular weight is 274 g/mol. The van der Waals surface area contributed by atoms with Crippen molar-refractivity contribution in [2.75, 3.05) is 19.6 Å². The zero-order valence-corrected chi connectivity index (χ0v) is 12.2. The highest BCUT2D eigenvalue weighted by Crippen LogP contribution is 2.15. The maximum Gasteiger partial charge on any atom is 0.251 e. The molecule has 0 spiro atoms. The summed E-state index contributed by atoms with van der Waals surface area (Å²) in [7, 11) is 0. The molecule has 0 bridgehead atoms. The standard InChI is InChI=1S/C16H22N2O2/c1-12-5-7-14(8-6-12)16(20)17-10-15(19)18-9-3-4-13(2)11-18/h5-8,13H,3-4,9-11H2,1-2H3,(H,17,20)/t13-/m1/s1. The van der Waals surface area contributed by atoms with E-state index >= 15 is 0 Å². The van der Waals surface area contributed by atoms with E-state index in [9.17, 15) is 9.59 Å². The molecule has 0 saturated carbocycles. The topological polar surface area (TPSA) is 49.4 Å². The summed E-state index contributed by atoms with van der Waals surface area (Å²) in [5.41, 5.74) is 1.70. The van der Waals surface area contributed by atoms with Gasteiger partial charge in [-0.25, -0.2) is 0 Å². The van der Waals surface area contributed by atoms with Crippen LogP contribution in [0.15, 0.2) is 24.3 Å². The number of rotatable bonds is 3.